The predicted molar refractivity (Wildman–Crippen MR) is 109 cm³/mol. The number of carbonyl (C=O) groups excluding carboxylic acids is 1. The Morgan fingerprint density at radius 2 is 1.59 bits per heavy atom. The fraction of sp³-hybridized carbons (Fsp3) is 0.864. The highest BCUT2D eigenvalue weighted by Crippen LogP contribution is 2.11. The lowest BCUT2D eigenvalue weighted by Crippen LogP contribution is -2.17. The number of hydrogen-bond acceptors (Lipinski definition) is 5. The number of hydrogen-bond donors (Lipinski definition) is 3. The third-order valence-corrected chi connectivity index (χ3v) is 4.59. The van der Waals surface area contributed by atoms with Crippen molar-refractivity contribution < 1.29 is 24.9 Å². The van der Waals surface area contributed by atoms with E-state index < -0.39 is 6.29 Å². The first kappa shape index (κ1) is 26.1. The fourth-order valence-corrected chi connectivity index (χ4v) is 2.89. The second-order valence-electron chi connectivity index (χ2n) is 7.33. The van der Waals surface area contributed by atoms with Gasteiger partial charge >= 0.3 is 5.97 Å². The van der Waals surface area contributed by atoms with E-state index in [2.05, 4.69) is 19.1 Å². The minimum atomic E-state index is -1.09. The molecule has 2 atom stereocenters. The van der Waals surface area contributed by atoms with Gasteiger partial charge in [0.05, 0.1) is 6.10 Å². The highest BCUT2D eigenvalue weighted by molar-refractivity contribution is 5.69. The molecule has 0 saturated heterocycles. The van der Waals surface area contributed by atoms with Gasteiger partial charge in [-0.3, -0.25) is 4.79 Å². The Morgan fingerprint density at radius 3 is 2.33 bits per heavy atom. The summed E-state index contributed by atoms with van der Waals surface area (Å²) in [4.78, 5) is 11.5. The average Bonchev–Trinajstić information content (AvgIpc) is 2.65. The van der Waals surface area contributed by atoms with Crippen LogP contribution in [0.5, 0.6) is 0 Å². The van der Waals surface area contributed by atoms with E-state index in [9.17, 15) is 15.0 Å². The zero-order valence-electron chi connectivity index (χ0n) is 17.3. The summed E-state index contributed by atoms with van der Waals surface area (Å²) in [5, 5.41) is 27.9. The first-order valence-electron chi connectivity index (χ1n) is 10.9. The standard InChI is InChI=1S/C22H42O5/c1-2-3-4-11-15-20(24)16-12-9-7-5-6-8-10-13-17-21(25)27-22(26)18-14-19-23/h9,12,20,22-24,26H,2-8,10-11,13-19H2,1H3/b12-9-/t20-,22?/m1/s1. The van der Waals surface area contributed by atoms with Crippen molar-refractivity contribution in [3.8, 4) is 0 Å². The molecule has 0 radical (unpaired) electrons. The maximum Gasteiger partial charge on any atom is 0.308 e. The van der Waals surface area contributed by atoms with Crippen molar-refractivity contribution in [2.24, 2.45) is 0 Å². The Morgan fingerprint density at radius 1 is 0.889 bits per heavy atom. The molecule has 0 rings (SSSR count). The van der Waals surface area contributed by atoms with Crippen LogP contribution in [-0.4, -0.2) is 40.3 Å². The minimum absolute atomic E-state index is 0.0105. The number of unbranched alkanes of at least 4 members (excludes halogenated alkanes) is 8. The number of esters is 1. The summed E-state index contributed by atoms with van der Waals surface area (Å²) in [7, 11) is 0. The summed E-state index contributed by atoms with van der Waals surface area (Å²) in [6.45, 7) is 2.18. The van der Waals surface area contributed by atoms with Crippen molar-refractivity contribution >= 4 is 5.97 Å². The highest BCUT2D eigenvalue weighted by atomic mass is 16.6. The van der Waals surface area contributed by atoms with Gasteiger partial charge in [-0.25, -0.2) is 0 Å². The summed E-state index contributed by atoms with van der Waals surface area (Å²) in [6.07, 6.45) is 16.7. The Balaban J connectivity index is 3.40. The lowest BCUT2D eigenvalue weighted by atomic mass is 10.1. The average molecular weight is 387 g/mol. The van der Waals surface area contributed by atoms with Crippen molar-refractivity contribution in [3.05, 3.63) is 12.2 Å². The van der Waals surface area contributed by atoms with Crippen LogP contribution in [0.3, 0.4) is 0 Å². The minimum Gasteiger partial charge on any atom is -0.436 e. The molecule has 27 heavy (non-hydrogen) atoms. The van der Waals surface area contributed by atoms with Gasteiger partial charge in [0.2, 0.25) is 6.29 Å². The highest BCUT2D eigenvalue weighted by Gasteiger charge is 2.10. The molecule has 160 valence electrons. The van der Waals surface area contributed by atoms with E-state index >= 15 is 0 Å². The van der Waals surface area contributed by atoms with Crippen LogP contribution in [0.2, 0.25) is 0 Å². The van der Waals surface area contributed by atoms with Crippen molar-refractivity contribution in [3.63, 3.8) is 0 Å². The summed E-state index contributed by atoms with van der Waals surface area (Å²) in [5.74, 6) is -0.364. The number of allylic oxidation sites excluding steroid dienone is 1. The van der Waals surface area contributed by atoms with Crippen molar-refractivity contribution in [2.45, 2.75) is 116 Å². The molecule has 0 heterocycles. The van der Waals surface area contributed by atoms with Crippen molar-refractivity contribution in [1.82, 2.24) is 0 Å². The lowest BCUT2D eigenvalue weighted by Gasteiger charge is -2.11. The Kier molecular flexibility index (Phi) is 19.2. The third kappa shape index (κ3) is 19.7. The quantitative estimate of drug-likeness (QED) is 0.130. The molecule has 0 saturated carbocycles. The van der Waals surface area contributed by atoms with Gasteiger partial charge in [0, 0.05) is 19.4 Å². The Labute approximate surface area is 165 Å². The van der Waals surface area contributed by atoms with Gasteiger partial charge in [-0.05, 0) is 38.5 Å². The van der Waals surface area contributed by atoms with Gasteiger partial charge < -0.3 is 20.1 Å². The first-order chi connectivity index (χ1) is 13.1. The molecule has 5 nitrogen and oxygen atoms in total. The van der Waals surface area contributed by atoms with Gasteiger partial charge in [-0.2, -0.15) is 0 Å². The van der Waals surface area contributed by atoms with Gasteiger partial charge in [0.1, 0.15) is 0 Å². The summed E-state index contributed by atoms with van der Waals surface area (Å²) < 4.78 is 4.86. The van der Waals surface area contributed by atoms with Crippen LogP contribution in [0.15, 0.2) is 12.2 Å². The van der Waals surface area contributed by atoms with Gasteiger partial charge in [-0.1, -0.05) is 64.0 Å². The fourth-order valence-electron chi connectivity index (χ4n) is 2.89. The number of rotatable bonds is 19. The molecule has 0 fully saturated rings. The maximum absolute atomic E-state index is 11.5. The Bertz CT molecular complexity index is 357. The molecule has 3 N–H and O–H groups in total. The normalized spacial score (nSPS) is 13.8. The molecule has 0 bridgehead atoms. The van der Waals surface area contributed by atoms with Crippen LogP contribution >= 0.6 is 0 Å². The third-order valence-electron chi connectivity index (χ3n) is 4.59. The zero-order chi connectivity index (χ0) is 20.2. The van der Waals surface area contributed by atoms with E-state index in [1.165, 1.54) is 19.3 Å². The smallest absolute Gasteiger partial charge is 0.308 e. The summed E-state index contributed by atoms with van der Waals surface area (Å²) in [5.41, 5.74) is 0. The molecule has 0 aromatic heterocycles. The number of aliphatic hydroxyl groups excluding tert-OH is 3. The summed E-state index contributed by atoms with van der Waals surface area (Å²) in [6, 6.07) is 0. The van der Waals surface area contributed by atoms with Crippen LogP contribution in [0.25, 0.3) is 0 Å². The SMILES string of the molecule is CCCCCC[C@@H](O)C/C=C\CCCCCCCC(=O)OC(O)CCCO. The second kappa shape index (κ2) is 19.8. The van der Waals surface area contributed by atoms with Crippen molar-refractivity contribution in [1.29, 1.82) is 0 Å². The van der Waals surface area contributed by atoms with E-state index in [1.54, 1.807) is 0 Å². The molecule has 0 aromatic rings. The van der Waals surface area contributed by atoms with E-state index in [4.69, 9.17) is 9.84 Å². The van der Waals surface area contributed by atoms with Gasteiger partial charge in [0.15, 0.2) is 0 Å². The molecule has 5 heteroatoms. The topological polar surface area (TPSA) is 87.0 Å². The van der Waals surface area contributed by atoms with E-state index in [0.717, 1.165) is 57.8 Å². The molecule has 1 unspecified atom stereocenters. The van der Waals surface area contributed by atoms with E-state index in [1.807, 2.05) is 0 Å². The number of ether oxygens (including phenoxy) is 1. The molecule has 0 spiro atoms. The van der Waals surface area contributed by atoms with Crippen LogP contribution in [0.1, 0.15) is 103 Å². The Hall–Kier alpha value is -0.910. The summed E-state index contributed by atoms with van der Waals surface area (Å²) >= 11 is 0. The van der Waals surface area contributed by atoms with Crippen LogP contribution in [-0.2, 0) is 9.53 Å². The van der Waals surface area contributed by atoms with E-state index in [-0.39, 0.29) is 25.1 Å². The first-order valence-corrected chi connectivity index (χ1v) is 10.9. The molecule has 0 aromatic carbocycles. The van der Waals surface area contributed by atoms with Crippen molar-refractivity contribution in [2.75, 3.05) is 6.61 Å². The molecular formula is C22H42O5. The van der Waals surface area contributed by atoms with Gasteiger partial charge in [0.25, 0.3) is 0 Å². The van der Waals surface area contributed by atoms with Gasteiger partial charge in [-0.15, -0.1) is 0 Å². The number of aliphatic hydroxyl groups is 3. The van der Waals surface area contributed by atoms with E-state index in [0.29, 0.717) is 12.8 Å². The molecule has 0 aliphatic rings. The predicted octanol–water partition coefficient (Wildman–Crippen LogP) is 4.63. The maximum atomic E-state index is 11.5. The molecule has 0 amide bonds. The van der Waals surface area contributed by atoms with Crippen LogP contribution in [0, 0.1) is 0 Å². The second-order valence-corrected chi connectivity index (χ2v) is 7.33. The monoisotopic (exact) mass is 386 g/mol. The van der Waals surface area contributed by atoms with Crippen LogP contribution in [0.4, 0.5) is 0 Å². The molecule has 0 aliphatic heterocycles. The molecular weight excluding hydrogens is 344 g/mol. The molecule has 0 aliphatic carbocycles. The zero-order valence-corrected chi connectivity index (χ0v) is 17.3. The largest absolute Gasteiger partial charge is 0.436 e. The van der Waals surface area contributed by atoms with Crippen LogP contribution < -0.4 is 0 Å². The number of carbonyl (C=O) groups is 1. The lowest BCUT2D eigenvalue weighted by molar-refractivity contribution is -0.169.